The molecule has 1 aromatic carbocycles. The quantitative estimate of drug-likeness (QED) is 0.824. The third-order valence-electron chi connectivity index (χ3n) is 3.66. The highest BCUT2D eigenvalue weighted by atomic mass is 19.1. The average molecular weight is 352 g/mol. The summed E-state index contributed by atoms with van der Waals surface area (Å²) in [5.74, 6) is -1.32. The molecule has 0 spiro atoms. The van der Waals surface area contributed by atoms with Crippen LogP contribution in [0.25, 0.3) is 0 Å². The van der Waals surface area contributed by atoms with E-state index in [4.69, 9.17) is 0 Å². The Labute approximate surface area is 149 Å². The molecule has 0 fully saturated rings. The molecular weight excluding hydrogens is 323 g/mol. The molecule has 5 nitrogen and oxygen atoms in total. The first-order valence-electron chi connectivity index (χ1n) is 8.83. The van der Waals surface area contributed by atoms with Crippen LogP contribution in [0.2, 0.25) is 0 Å². The minimum atomic E-state index is -0.719. The monoisotopic (exact) mass is 352 g/mol. The van der Waals surface area contributed by atoms with Crippen LogP contribution in [-0.2, 0) is 16.1 Å². The van der Waals surface area contributed by atoms with Gasteiger partial charge in [-0.05, 0) is 30.5 Å². The molecule has 1 aromatic rings. The number of amides is 3. The molecule has 6 heteroatoms. The summed E-state index contributed by atoms with van der Waals surface area (Å²) in [5, 5.41) is 2.09. The molecule has 2 rings (SSSR count). The second-order valence-electron chi connectivity index (χ2n) is 5.12. The molecule has 0 saturated carbocycles. The van der Waals surface area contributed by atoms with Crippen molar-refractivity contribution in [2.24, 2.45) is 0 Å². The molecule has 0 aromatic heterocycles. The highest BCUT2D eigenvalue weighted by Gasteiger charge is 2.36. The number of benzene rings is 1. The maximum Gasteiger partial charge on any atom is 0.255 e. The van der Waals surface area contributed by atoms with Crippen LogP contribution in [0.3, 0.4) is 0 Å². The average Bonchev–Trinajstić information content (AvgIpc) is 2.93. The Bertz CT molecular complexity index is 603. The molecule has 3 amide bonds. The molecule has 1 heterocycles. The Morgan fingerprint density at radius 2 is 1.92 bits per heavy atom. The lowest BCUT2D eigenvalue weighted by atomic mass is 10.1. The minimum Gasteiger partial charge on any atom is -0.322 e. The molecular formula is C19H29FN2O3. The SMILES string of the molecule is CC.CC.CCCC(C(=O)NC=O)N1Cc2cc(C)c(F)cc2C1=O. The standard InChI is InChI=1S/C15H17FN2O3.2C2H6/c1-3-4-13(14(20)17-8-19)18-7-10-5-9(2)12(16)6-11(10)15(18)21;2*1-2/h5-6,8,13H,3-4,7H2,1-2H3,(H,17,19,20);2*1-2H3. The first kappa shape index (κ1) is 22.8. The van der Waals surface area contributed by atoms with Crippen LogP contribution in [0.4, 0.5) is 4.39 Å². The van der Waals surface area contributed by atoms with Gasteiger partial charge in [0.1, 0.15) is 11.9 Å². The fourth-order valence-corrected chi connectivity index (χ4v) is 2.59. The van der Waals surface area contributed by atoms with E-state index >= 15 is 0 Å². The minimum absolute atomic E-state index is 0.256. The van der Waals surface area contributed by atoms with Gasteiger partial charge in [0, 0.05) is 12.1 Å². The second kappa shape index (κ2) is 11.3. The van der Waals surface area contributed by atoms with Crippen LogP contribution < -0.4 is 5.32 Å². The topological polar surface area (TPSA) is 66.5 Å². The number of aryl methyl sites for hydroxylation is 1. The summed E-state index contributed by atoms with van der Waals surface area (Å²) < 4.78 is 13.6. The van der Waals surface area contributed by atoms with E-state index in [1.807, 2.05) is 34.6 Å². The normalized spacial score (nSPS) is 12.9. The Hall–Kier alpha value is -2.24. The van der Waals surface area contributed by atoms with E-state index in [1.165, 1.54) is 11.0 Å². The summed E-state index contributed by atoms with van der Waals surface area (Å²) in [6, 6.07) is 2.13. The fourth-order valence-electron chi connectivity index (χ4n) is 2.59. The van der Waals surface area contributed by atoms with Crippen molar-refractivity contribution in [2.45, 2.75) is 67.0 Å². The molecule has 1 N–H and O–H groups in total. The Kier molecular flexibility index (Phi) is 10.3. The van der Waals surface area contributed by atoms with Gasteiger partial charge in [0.15, 0.2) is 0 Å². The van der Waals surface area contributed by atoms with Gasteiger partial charge < -0.3 is 4.90 Å². The molecule has 140 valence electrons. The van der Waals surface area contributed by atoms with E-state index in [2.05, 4.69) is 5.32 Å². The molecule has 1 atom stereocenters. The van der Waals surface area contributed by atoms with Gasteiger partial charge in [-0.2, -0.15) is 0 Å². The predicted octanol–water partition coefficient (Wildman–Crippen LogP) is 3.58. The lowest BCUT2D eigenvalue weighted by molar-refractivity contribution is -0.129. The summed E-state index contributed by atoms with van der Waals surface area (Å²) in [6.07, 6.45) is 1.44. The molecule has 1 aliphatic rings. The van der Waals surface area contributed by atoms with Gasteiger partial charge in [-0.3, -0.25) is 19.7 Å². The second-order valence-corrected chi connectivity index (χ2v) is 5.12. The van der Waals surface area contributed by atoms with E-state index in [9.17, 15) is 18.8 Å². The van der Waals surface area contributed by atoms with Crippen molar-refractivity contribution in [1.82, 2.24) is 10.2 Å². The van der Waals surface area contributed by atoms with Crippen molar-refractivity contribution >= 4 is 18.2 Å². The molecule has 0 bridgehead atoms. The van der Waals surface area contributed by atoms with Gasteiger partial charge in [0.2, 0.25) is 12.3 Å². The third kappa shape index (κ3) is 5.37. The van der Waals surface area contributed by atoms with Crippen molar-refractivity contribution in [1.29, 1.82) is 0 Å². The number of fused-ring (bicyclic) bond motifs is 1. The Balaban J connectivity index is 0.00000134. The first-order valence-corrected chi connectivity index (χ1v) is 8.83. The number of carbonyl (C=O) groups is 3. The van der Waals surface area contributed by atoms with Gasteiger partial charge in [0.25, 0.3) is 5.91 Å². The van der Waals surface area contributed by atoms with Crippen molar-refractivity contribution in [2.75, 3.05) is 0 Å². The van der Waals surface area contributed by atoms with Crippen molar-refractivity contribution in [3.8, 4) is 0 Å². The zero-order valence-corrected chi connectivity index (χ0v) is 16.0. The molecule has 1 aliphatic heterocycles. The number of nitrogens with zero attached hydrogens (tertiary/aromatic N) is 1. The van der Waals surface area contributed by atoms with E-state index in [0.717, 1.165) is 0 Å². The van der Waals surface area contributed by atoms with Crippen LogP contribution in [-0.4, -0.2) is 29.2 Å². The Morgan fingerprint density at radius 3 is 2.44 bits per heavy atom. The van der Waals surface area contributed by atoms with Gasteiger partial charge in [0.05, 0.1) is 0 Å². The molecule has 25 heavy (non-hydrogen) atoms. The first-order chi connectivity index (χ1) is 12.0. The lowest BCUT2D eigenvalue weighted by Crippen LogP contribution is -2.46. The summed E-state index contributed by atoms with van der Waals surface area (Å²) in [7, 11) is 0. The number of halogens is 1. The van der Waals surface area contributed by atoms with Gasteiger partial charge in [-0.15, -0.1) is 0 Å². The van der Waals surface area contributed by atoms with Crippen molar-refractivity contribution in [3.63, 3.8) is 0 Å². The highest BCUT2D eigenvalue weighted by Crippen LogP contribution is 2.28. The van der Waals surface area contributed by atoms with Crippen LogP contribution >= 0.6 is 0 Å². The van der Waals surface area contributed by atoms with Gasteiger partial charge >= 0.3 is 0 Å². The van der Waals surface area contributed by atoms with Gasteiger partial charge in [-0.25, -0.2) is 4.39 Å². The smallest absolute Gasteiger partial charge is 0.255 e. The summed E-state index contributed by atoms with van der Waals surface area (Å²) in [6.45, 7) is 11.8. The number of rotatable bonds is 5. The van der Waals surface area contributed by atoms with Crippen molar-refractivity contribution < 1.29 is 18.8 Å². The number of hydrogen-bond donors (Lipinski definition) is 1. The van der Waals surface area contributed by atoms with Crippen LogP contribution in [0, 0.1) is 12.7 Å². The number of carbonyl (C=O) groups excluding carboxylic acids is 3. The summed E-state index contributed by atoms with van der Waals surface area (Å²) in [5.41, 5.74) is 1.46. The van der Waals surface area contributed by atoms with Crippen LogP contribution in [0.5, 0.6) is 0 Å². The third-order valence-corrected chi connectivity index (χ3v) is 3.66. The van der Waals surface area contributed by atoms with E-state index in [1.54, 1.807) is 13.0 Å². The van der Waals surface area contributed by atoms with E-state index < -0.39 is 17.8 Å². The maximum atomic E-state index is 13.6. The van der Waals surface area contributed by atoms with Crippen LogP contribution in [0.15, 0.2) is 12.1 Å². The van der Waals surface area contributed by atoms with Crippen molar-refractivity contribution in [3.05, 3.63) is 34.6 Å². The maximum absolute atomic E-state index is 13.6. The number of imide groups is 1. The largest absolute Gasteiger partial charge is 0.322 e. The van der Waals surface area contributed by atoms with E-state index in [-0.39, 0.29) is 18.0 Å². The Morgan fingerprint density at radius 1 is 1.32 bits per heavy atom. The lowest BCUT2D eigenvalue weighted by Gasteiger charge is -2.25. The summed E-state index contributed by atoms with van der Waals surface area (Å²) in [4.78, 5) is 36.2. The zero-order chi connectivity index (χ0) is 19.6. The number of nitrogens with one attached hydrogen (secondary N) is 1. The summed E-state index contributed by atoms with van der Waals surface area (Å²) >= 11 is 0. The predicted molar refractivity (Wildman–Crippen MR) is 96.6 cm³/mol. The highest BCUT2D eigenvalue weighted by molar-refractivity contribution is 6.02. The van der Waals surface area contributed by atoms with Crippen LogP contribution in [0.1, 0.15) is 68.9 Å². The molecule has 1 unspecified atom stereocenters. The number of hydrogen-bond acceptors (Lipinski definition) is 3. The zero-order valence-electron chi connectivity index (χ0n) is 16.0. The van der Waals surface area contributed by atoms with Gasteiger partial charge in [-0.1, -0.05) is 47.1 Å². The van der Waals surface area contributed by atoms with E-state index in [0.29, 0.717) is 30.4 Å². The molecule has 0 saturated heterocycles. The molecule has 0 aliphatic carbocycles. The fraction of sp³-hybridized carbons (Fsp3) is 0.526. The molecule has 0 radical (unpaired) electrons.